The lowest BCUT2D eigenvalue weighted by Gasteiger charge is -2.27. The van der Waals surface area contributed by atoms with Gasteiger partial charge in [0.25, 0.3) is 0 Å². The van der Waals surface area contributed by atoms with E-state index >= 15 is 0 Å². The first-order valence-electron chi connectivity index (χ1n) is 18.3. The first-order valence-corrected chi connectivity index (χ1v) is 18.3. The molecule has 0 aromatic heterocycles. The summed E-state index contributed by atoms with van der Waals surface area (Å²) in [6.07, 6.45) is 13.2. The number of esters is 3. The molecule has 0 amide bonds. The number of carbonyl (C=O) groups excluding carboxylic acids is 3. The summed E-state index contributed by atoms with van der Waals surface area (Å²) in [6, 6.07) is 21.4. The van der Waals surface area contributed by atoms with Crippen molar-refractivity contribution in [3.63, 3.8) is 0 Å². The smallest absolute Gasteiger partial charge is 0.330 e. The molecule has 0 heterocycles. The maximum absolute atomic E-state index is 12.9. The molecule has 0 aliphatic heterocycles. The summed E-state index contributed by atoms with van der Waals surface area (Å²) in [5.74, 6) is 1.21. The fraction of sp³-hybridized carbons (Fsp3) is 0.395. The lowest BCUT2D eigenvalue weighted by molar-refractivity contribution is -0.140. The largest absolute Gasteiger partial charge is 0.494 e. The minimum Gasteiger partial charge on any atom is -0.494 e. The van der Waals surface area contributed by atoms with Crippen molar-refractivity contribution in [1.29, 1.82) is 5.41 Å². The van der Waals surface area contributed by atoms with Crippen LogP contribution in [-0.2, 0) is 30.3 Å². The van der Waals surface area contributed by atoms with Crippen molar-refractivity contribution in [1.82, 2.24) is 0 Å². The van der Waals surface area contributed by atoms with Crippen molar-refractivity contribution in [2.45, 2.75) is 70.6 Å². The second-order valence-electron chi connectivity index (χ2n) is 13.0. The lowest BCUT2D eigenvalue weighted by Crippen LogP contribution is -2.27. The number of benzene rings is 3. The molecule has 0 spiro atoms. The maximum atomic E-state index is 12.9. The van der Waals surface area contributed by atoms with Crippen LogP contribution in [0.25, 0.3) is 11.1 Å². The zero-order valence-electron chi connectivity index (χ0n) is 30.0. The van der Waals surface area contributed by atoms with Crippen LogP contribution >= 0.6 is 0 Å². The highest BCUT2D eigenvalue weighted by Crippen LogP contribution is 2.32. The molecular weight excluding hydrogens is 658 g/mol. The summed E-state index contributed by atoms with van der Waals surface area (Å²) >= 11 is 0. The van der Waals surface area contributed by atoms with Crippen LogP contribution in [0.5, 0.6) is 17.2 Å². The highest BCUT2D eigenvalue weighted by Gasteiger charge is 2.28. The van der Waals surface area contributed by atoms with Crippen LogP contribution in [0, 0.1) is 17.2 Å². The van der Waals surface area contributed by atoms with Gasteiger partial charge in [0, 0.05) is 23.9 Å². The summed E-state index contributed by atoms with van der Waals surface area (Å²) in [7, 11) is 0. The third kappa shape index (κ3) is 13.5. The number of hydrogen-bond donors (Lipinski definition) is 1. The Bertz CT molecular complexity index is 1610. The summed E-state index contributed by atoms with van der Waals surface area (Å²) in [5, 5.41) is 8.02. The van der Waals surface area contributed by atoms with E-state index in [0.717, 1.165) is 98.8 Å². The van der Waals surface area contributed by atoms with E-state index in [-0.39, 0.29) is 23.8 Å². The first-order chi connectivity index (χ1) is 25.4. The Morgan fingerprint density at radius 2 is 1.27 bits per heavy atom. The average Bonchev–Trinajstić information content (AvgIpc) is 3.18. The molecule has 3 aromatic rings. The monoisotopic (exact) mass is 709 g/mol. The van der Waals surface area contributed by atoms with Gasteiger partial charge in [0.05, 0.1) is 32.3 Å². The quantitative estimate of drug-likeness (QED) is 0.0361. The van der Waals surface area contributed by atoms with E-state index in [1.807, 2.05) is 30.3 Å². The molecule has 276 valence electrons. The molecular formula is C43H51NO8. The van der Waals surface area contributed by atoms with Crippen molar-refractivity contribution in [2.24, 2.45) is 11.8 Å². The predicted octanol–water partition coefficient (Wildman–Crippen LogP) is 8.86. The summed E-state index contributed by atoms with van der Waals surface area (Å²) in [4.78, 5) is 35.1. The summed E-state index contributed by atoms with van der Waals surface area (Å²) in [6.45, 7) is 8.73. The van der Waals surface area contributed by atoms with Crippen molar-refractivity contribution in [2.75, 3.05) is 26.4 Å². The first kappa shape index (κ1) is 39.6. The van der Waals surface area contributed by atoms with E-state index in [1.165, 1.54) is 23.9 Å². The Morgan fingerprint density at radius 3 is 1.90 bits per heavy atom. The van der Waals surface area contributed by atoms with E-state index in [1.54, 1.807) is 12.1 Å². The van der Waals surface area contributed by atoms with Gasteiger partial charge in [0.15, 0.2) is 0 Å². The number of rotatable bonds is 22. The molecule has 1 fully saturated rings. The number of hydrogen-bond acceptors (Lipinski definition) is 9. The molecule has 0 radical (unpaired) electrons. The number of aryl methyl sites for hydroxylation is 1. The number of carbonyl (C=O) groups is 3. The molecule has 0 bridgehead atoms. The predicted molar refractivity (Wildman–Crippen MR) is 202 cm³/mol. The Labute approximate surface area is 307 Å². The minimum absolute atomic E-state index is 0.135. The van der Waals surface area contributed by atoms with Crippen LogP contribution in [0.15, 0.2) is 92.0 Å². The SMILES string of the molecule is C=CC(=O)OCCCCCCOc1ccc(OC(=O)C2CCC(COc3ccc(-c4ccc(CCCCOC(=O)C=C)cc4)c(C=N)c3)CC2)cc1. The molecule has 0 unspecified atom stereocenters. The van der Waals surface area contributed by atoms with Gasteiger partial charge in [0.1, 0.15) is 17.2 Å². The molecule has 3 aromatic carbocycles. The van der Waals surface area contributed by atoms with Gasteiger partial charge in [-0.05, 0) is 130 Å². The maximum Gasteiger partial charge on any atom is 0.330 e. The van der Waals surface area contributed by atoms with Crippen molar-refractivity contribution in [3.05, 3.63) is 103 Å². The van der Waals surface area contributed by atoms with Gasteiger partial charge in [0.2, 0.25) is 0 Å². The number of nitrogens with one attached hydrogen (secondary N) is 1. The number of ether oxygens (including phenoxy) is 5. The van der Waals surface area contributed by atoms with E-state index in [2.05, 4.69) is 37.4 Å². The van der Waals surface area contributed by atoms with Crippen molar-refractivity contribution < 1.29 is 38.1 Å². The second-order valence-corrected chi connectivity index (χ2v) is 13.0. The molecule has 4 rings (SSSR count). The molecule has 9 heteroatoms. The zero-order chi connectivity index (χ0) is 37.0. The molecule has 52 heavy (non-hydrogen) atoms. The highest BCUT2D eigenvalue weighted by atomic mass is 16.5. The molecule has 9 nitrogen and oxygen atoms in total. The normalized spacial score (nSPS) is 15.2. The summed E-state index contributed by atoms with van der Waals surface area (Å²) < 4.78 is 27.7. The van der Waals surface area contributed by atoms with Crippen LogP contribution in [0.4, 0.5) is 0 Å². The highest BCUT2D eigenvalue weighted by molar-refractivity contribution is 5.89. The fourth-order valence-corrected chi connectivity index (χ4v) is 6.09. The van der Waals surface area contributed by atoms with Crippen LogP contribution in [0.2, 0.25) is 0 Å². The van der Waals surface area contributed by atoms with Gasteiger partial charge >= 0.3 is 17.9 Å². The van der Waals surface area contributed by atoms with Crippen LogP contribution in [0.1, 0.15) is 75.3 Å². The third-order valence-electron chi connectivity index (χ3n) is 9.14. The Hall–Kier alpha value is -5.18. The fourth-order valence-electron chi connectivity index (χ4n) is 6.09. The van der Waals surface area contributed by atoms with E-state index in [0.29, 0.717) is 38.1 Å². The molecule has 1 saturated carbocycles. The van der Waals surface area contributed by atoms with Gasteiger partial charge in [-0.3, -0.25) is 4.79 Å². The zero-order valence-corrected chi connectivity index (χ0v) is 30.0. The third-order valence-corrected chi connectivity index (χ3v) is 9.14. The van der Waals surface area contributed by atoms with Gasteiger partial charge in [-0.1, -0.05) is 43.5 Å². The topological polar surface area (TPSA) is 121 Å². The van der Waals surface area contributed by atoms with E-state index in [4.69, 9.17) is 29.1 Å². The molecule has 1 N–H and O–H groups in total. The number of unbranched alkanes of at least 4 members (excludes halogenated alkanes) is 4. The second kappa shape index (κ2) is 21.9. The van der Waals surface area contributed by atoms with Crippen LogP contribution in [-0.4, -0.2) is 50.6 Å². The van der Waals surface area contributed by atoms with Gasteiger partial charge in [-0.2, -0.15) is 0 Å². The average molecular weight is 710 g/mol. The van der Waals surface area contributed by atoms with Crippen LogP contribution < -0.4 is 14.2 Å². The van der Waals surface area contributed by atoms with Gasteiger partial charge < -0.3 is 29.1 Å². The van der Waals surface area contributed by atoms with Crippen LogP contribution in [0.3, 0.4) is 0 Å². The standard InChI is InChI=1S/C43H51NO8/c1-3-41(45)49-27-9-6-5-8-26-48-37-20-22-38(23-21-37)52-43(47)35-18-14-33(15-19-35)31-51-39-24-25-40(36(29-39)30-44)34-16-12-32(13-17-34)11-7-10-28-50-42(46)4-2/h3-4,12-13,16-17,20-25,29-30,33,35,44H,1-2,5-11,14-15,18-19,26-28,31H2. The van der Waals surface area contributed by atoms with E-state index < -0.39 is 0 Å². The Morgan fingerprint density at radius 1 is 0.673 bits per heavy atom. The molecule has 0 saturated heterocycles. The Kier molecular flexibility index (Phi) is 16.7. The lowest BCUT2D eigenvalue weighted by atomic mass is 9.82. The molecule has 1 aliphatic carbocycles. The van der Waals surface area contributed by atoms with Crippen molar-refractivity contribution in [3.8, 4) is 28.4 Å². The molecule has 1 aliphatic rings. The van der Waals surface area contributed by atoms with Gasteiger partial charge in [-0.15, -0.1) is 0 Å². The van der Waals surface area contributed by atoms with Crippen molar-refractivity contribution >= 4 is 24.1 Å². The summed E-state index contributed by atoms with van der Waals surface area (Å²) in [5.41, 5.74) is 4.01. The van der Waals surface area contributed by atoms with E-state index in [9.17, 15) is 14.4 Å². The molecule has 0 atom stereocenters. The van der Waals surface area contributed by atoms with Gasteiger partial charge in [-0.25, -0.2) is 9.59 Å². The Balaban J connectivity index is 1.12. The minimum atomic E-state index is -0.389.